The van der Waals surface area contributed by atoms with E-state index in [1.54, 1.807) is 12.1 Å². The topological polar surface area (TPSA) is 163 Å². The summed E-state index contributed by atoms with van der Waals surface area (Å²) in [5, 5.41) is 2.36. The third-order valence-corrected chi connectivity index (χ3v) is 8.72. The Hall–Kier alpha value is -5.32. The van der Waals surface area contributed by atoms with E-state index < -0.39 is 10.1 Å². The van der Waals surface area contributed by atoms with Crippen LogP contribution in [0.3, 0.4) is 0 Å². The number of hydrogen-bond acceptors (Lipinski definition) is 8. The van der Waals surface area contributed by atoms with E-state index in [4.69, 9.17) is 29.9 Å². The first-order valence-corrected chi connectivity index (χ1v) is 15.1. The summed E-state index contributed by atoms with van der Waals surface area (Å²) in [4.78, 5) is 35.4. The van der Waals surface area contributed by atoms with E-state index in [9.17, 15) is 13.0 Å². The number of rotatable bonds is 1. The van der Waals surface area contributed by atoms with E-state index in [1.807, 2.05) is 72.8 Å². The van der Waals surface area contributed by atoms with Crippen LogP contribution < -0.4 is 0 Å². The summed E-state index contributed by atoms with van der Waals surface area (Å²) >= 11 is 0. The minimum Gasteiger partial charge on any atom is -0.324 e. The van der Waals surface area contributed by atoms with Crippen molar-refractivity contribution in [1.29, 1.82) is 0 Å². The first-order chi connectivity index (χ1) is 21.4. The summed E-state index contributed by atoms with van der Waals surface area (Å²) in [5.74, 6) is 1.60. The third kappa shape index (κ3) is 4.17. The molecule has 2 aliphatic rings. The van der Waals surface area contributed by atoms with Crippen LogP contribution in [0.1, 0.15) is 0 Å². The zero-order chi connectivity index (χ0) is 29.6. The number of nitrogens with one attached hydrogen (secondary N) is 2. The van der Waals surface area contributed by atoms with E-state index in [-0.39, 0.29) is 33.3 Å². The molecule has 5 heterocycles. The zero-order valence-electron chi connectivity index (χ0n) is 23.1. The van der Waals surface area contributed by atoms with Gasteiger partial charge in [-0.1, -0.05) is 84.9 Å². The molecule has 9 rings (SSSR count). The van der Waals surface area contributed by atoms with Crippen LogP contribution in [0.25, 0.3) is 89.7 Å². The van der Waals surface area contributed by atoms with E-state index in [2.05, 4.69) is 9.97 Å². The predicted octanol–water partition coefficient (Wildman–Crippen LogP) is 5.74. The fraction of sp³-hybridized carbons (Fsp3) is 0. The number of hydrogen-bond donors (Lipinski definition) is 3. The molecule has 210 valence electrons. The molecule has 0 atom stereocenters. The van der Waals surface area contributed by atoms with Crippen LogP contribution in [0.2, 0.25) is 0 Å². The molecule has 0 spiro atoms. The van der Waals surface area contributed by atoms with Crippen LogP contribution in [-0.4, -0.2) is 70.2 Å². The van der Waals surface area contributed by atoms with Gasteiger partial charge in [0.15, 0.2) is 23.3 Å². The first kappa shape index (κ1) is 27.2. The molecule has 0 aliphatic carbocycles. The van der Waals surface area contributed by atoms with Crippen molar-refractivity contribution in [2.24, 2.45) is 0 Å². The summed E-state index contributed by atoms with van der Waals surface area (Å²) < 4.78 is 35.2. The Kier molecular flexibility index (Phi) is 5.96. The normalized spacial score (nSPS) is 12.1. The molecule has 8 bridgehead atoms. The number of aromatic nitrogens is 8. The van der Waals surface area contributed by atoms with Crippen LogP contribution in [-0.2, 0) is 10.1 Å². The monoisotopic (exact) mass is 621 g/mol. The molecular weight excluding hydrogens is 603 g/mol. The van der Waals surface area contributed by atoms with E-state index in [0.717, 1.165) is 33.0 Å². The van der Waals surface area contributed by atoms with Gasteiger partial charge in [0.1, 0.15) is 27.5 Å². The van der Waals surface area contributed by atoms with Gasteiger partial charge >= 0.3 is 17.4 Å². The number of aromatic amines is 2. The second-order valence-corrected chi connectivity index (χ2v) is 11.8. The van der Waals surface area contributed by atoms with Crippen molar-refractivity contribution in [1.82, 2.24) is 39.9 Å². The van der Waals surface area contributed by atoms with E-state index >= 15 is 0 Å². The standard InChI is InChI=1S/C32H18N8O3S.Al/c41-44(42,43)23-15-7-14-22-24(23)32-39-30-21-13-6-5-12-20(21)28(37-30)35-26-17-9-2-1-8-16(17)25(33-26)34-27-18-10-3-4-11-19(18)29(36-27)38-31(22)40-32;/h1-15H,(H,41,42,43)(H2,33,34,35,36,37,38,39,40);/q;+3. The second kappa shape index (κ2) is 9.85. The zero-order valence-corrected chi connectivity index (χ0v) is 25.1. The number of fused-ring (bicyclic) bond motifs is 20. The molecule has 7 aromatic rings. The Morgan fingerprint density at radius 3 is 1.31 bits per heavy atom. The van der Waals surface area contributed by atoms with E-state index in [1.165, 1.54) is 6.07 Å². The Bertz CT molecular complexity index is 2660. The summed E-state index contributed by atoms with van der Waals surface area (Å²) in [6, 6.07) is 27.6. The second-order valence-electron chi connectivity index (χ2n) is 10.4. The molecule has 3 aromatic heterocycles. The molecule has 0 unspecified atom stereocenters. The van der Waals surface area contributed by atoms with Crippen molar-refractivity contribution in [3.63, 3.8) is 0 Å². The molecular formula is C32H18AlN8O3S+3. The third-order valence-electron chi connectivity index (χ3n) is 7.82. The molecule has 4 aromatic carbocycles. The molecule has 0 radical (unpaired) electrons. The van der Waals surface area contributed by atoms with Gasteiger partial charge in [-0.3, -0.25) is 4.55 Å². The van der Waals surface area contributed by atoms with Gasteiger partial charge in [-0.05, 0) is 6.07 Å². The number of H-pyrrole nitrogens is 2. The van der Waals surface area contributed by atoms with Crippen molar-refractivity contribution in [2.45, 2.75) is 4.90 Å². The van der Waals surface area contributed by atoms with Gasteiger partial charge in [-0.25, -0.2) is 29.9 Å². The fourth-order valence-electron chi connectivity index (χ4n) is 5.87. The molecule has 3 N–H and O–H groups in total. The molecule has 13 heteroatoms. The van der Waals surface area contributed by atoms with Gasteiger partial charge in [0, 0.05) is 43.8 Å². The largest absolute Gasteiger partial charge is 3.00 e. The summed E-state index contributed by atoms with van der Waals surface area (Å²) in [6.45, 7) is 0. The Morgan fingerprint density at radius 1 is 0.467 bits per heavy atom. The average Bonchev–Trinajstić information content (AvgIpc) is 3.76. The van der Waals surface area contributed by atoms with Crippen molar-refractivity contribution >= 4 is 71.6 Å². The summed E-state index contributed by atoms with van der Waals surface area (Å²) in [5.41, 5.74) is 4.68. The van der Waals surface area contributed by atoms with Crippen molar-refractivity contribution in [3.05, 3.63) is 91.0 Å². The fourth-order valence-corrected chi connectivity index (χ4v) is 6.59. The van der Waals surface area contributed by atoms with Crippen LogP contribution in [0.4, 0.5) is 0 Å². The van der Waals surface area contributed by atoms with Gasteiger partial charge < -0.3 is 9.97 Å². The molecule has 0 fully saturated rings. The Balaban J connectivity index is 0.00000300. The maximum atomic E-state index is 12.5. The van der Waals surface area contributed by atoms with Gasteiger partial charge in [0.25, 0.3) is 10.1 Å². The summed E-state index contributed by atoms with van der Waals surface area (Å²) in [7, 11) is -4.62. The van der Waals surface area contributed by atoms with Gasteiger partial charge in [0.05, 0.1) is 0 Å². The average molecular weight is 622 g/mol. The molecule has 0 saturated carbocycles. The molecule has 45 heavy (non-hydrogen) atoms. The van der Waals surface area contributed by atoms with Crippen molar-refractivity contribution in [2.75, 3.05) is 0 Å². The van der Waals surface area contributed by atoms with Gasteiger partial charge in [-0.2, -0.15) is 8.42 Å². The minimum absolute atomic E-state index is 0. The molecule has 11 nitrogen and oxygen atoms in total. The molecule has 0 saturated heterocycles. The van der Waals surface area contributed by atoms with Crippen molar-refractivity contribution < 1.29 is 13.0 Å². The first-order valence-electron chi connectivity index (χ1n) is 13.6. The smallest absolute Gasteiger partial charge is 0.324 e. The Morgan fingerprint density at radius 2 is 0.844 bits per heavy atom. The van der Waals surface area contributed by atoms with Crippen LogP contribution in [0.5, 0.6) is 0 Å². The maximum absolute atomic E-state index is 12.5. The van der Waals surface area contributed by atoms with Crippen molar-refractivity contribution in [3.8, 4) is 45.6 Å². The quantitative estimate of drug-likeness (QED) is 0.153. The number of benzene rings is 4. The predicted molar refractivity (Wildman–Crippen MR) is 172 cm³/mol. The minimum atomic E-state index is -4.62. The molecule has 0 amide bonds. The van der Waals surface area contributed by atoms with Gasteiger partial charge in [-0.15, -0.1) is 0 Å². The van der Waals surface area contributed by atoms with Gasteiger partial charge in [0.2, 0.25) is 0 Å². The summed E-state index contributed by atoms with van der Waals surface area (Å²) in [6.07, 6.45) is 0. The van der Waals surface area contributed by atoms with Crippen LogP contribution in [0, 0.1) is 0 Å². The maximum Gasteiger partial charge on any atom is 3.00 e. The SMILES string of the molecule is O=S(=O)(O)c1cccc2c3nc4nc(nc5[nH]c(nc6nc(nc([nH]3)c12)-c1ccccc1-6)c1ccccc51)-c1ccccc1-4.[Al+3]. The Labute approximate surface area is 265 Å². The van der Waals surface area contributed by atoms with Crippen LogP contribution in [0.15, 0.2) is 95.9 Å². The van der Waals surface area contributed by atoms with E-state index in [0.29, 0.717) is 45.6 Å². The molecule has 2 aliphatic heterocycles. The van der Waals surface area contributed by atoms with Crippen LogP contribution >= 0.6 is 0 Å². The number of nitrogens with zero attached hydrogens (tertiary/aromatic N) is 6.